The normalized spacial score (nSPS) is 13.6. The third kappa shape index (κ3) is 1.85. The average molecular weight is 448 g/mol. The Morgan fingerprint density at radius 1 is 0.692 bits per heavy atom. The van der Waals surface area contributed by atoms with Crippen molar-refractivity contribution in [2.75, 3.05) is 0 Å². The first-order valence-corrected chi connectivity index (χ1v) is 9.80. The van der Waals surface area contributed by atoms with E-state index in [9.17, 15) is 5.11 Å². The minimum atomic E-state index is -0.526. The summed E-state index contributed by atoms with van der Waals surface area (Å²) < 4.78 is 5.63. The fourth-order valence-electron chi connectivity index (χ4n) is 4.24. The van der Waals surface area contributed by atoms with Gasteiger partial charge in [0, 0.05) is 10.8 Å². The van der Waals surface area contributed by atoms with Crippen LogP contribution in [-0.4, -0.2) is 5.11 Å². The van der Waals surface area contributed by atoms with Crippen molar-refractivity contribution in [1.82, 2.24) is 0 Å². The molecule has 0 unspecified atom stereocenters. The molecule has 26 heavy (non-hydrogen) atoms. The lowest BCUT2D eigenvalue weighted by Crippen LogP contribution is -1.86. The Balaban J connectivity index is 1.91. The number of fused-ring (bicyclic) bond motifs is 4. The van der Waals surface area contributed by atoms with Crippen LogP contribution >= 0.6 is 22.6 Å². The number of furan rings is 1. The van der Waals surface area contributed by atoms with E-state index in [0.29, 0.717) is 0 Å². The summed E-state index contributed by atoms with van der Waals surface area (Å²) in [7, 11) is 0. The number of hydrogen-bond donors (Lipinski definition) is 1. The molecule has 0 saturated heterocycles. The molecule has 0 aliphatic carbocycles. The predicted molar refractivity (Wildman–Crippen MR) is 116 cm³/mol. The molecule has 1 atom stereocenters. The zero-order valence-electron chi connectivity index (χ0n) is 13.7. The molecule has 3 heteroatoms. The zero-order chi connectivity index (χ0) is 17.4. The summed E-state index contributed by atoms with van der Waals surface area (Å²) in [5.41, 5.74) is 2.65. The fraction of sp³-hybridized carbons (Fsp3) is 0.0435. The number of aliphatic hydroxyl groups excluding tert-OH is 1. The number of hydrogen-bond acceptors (Lipinski definition) is 2. The minimum absolute atomic E-state index is 0.526. The molecule has 0 aliphatic rings. The summed E-state index contributed by atoms with van der Waals surface area (Å²) in [6, 6.07) is 23.3. The summed E-state index contributed by atoms with van der Waals surface area (Å²) in [6.07, 6.45) is 0. The van der Waals surface area contributed by atoms with Gasteiger partial charge in [0.2, 0.25) is 0 Å². The van der Waals surface area contributed by atoms with Crippen molar-refractivity contribution in [3.8, 4) is 0 Å². The van der Waals surface area contributed by atoms with Gasteiger partial charge in [-0.05, 0) is 78.7 Å². The Labute approximate surface area is 162 Å². The molecule has 5 aromatic carbocycles. The van der Waals surface area contributed by atoms with Gasteiger partial charge in [0.1, 0.15) is 15.3 Å². The van der Waals surface area contributed by atoms with Crippen LogP contribution in [0.25, 0.3) is 54.3 Å². The van der Waals surface area contributed by atoms with E-state index in [2.05, 4.69) is 54.6 Å². The van der Waals surface area contributed by atoms with Crippen molar-refractivity contribution >= 4 is 76.8 Å². The minimum Gasteiger partial charge on any atom is -0.456 e. The molecule has 0 aliphatic heterocycles. The number of alkyl halides is 1. The lowest BCUT2D eigenvalue weighted by molar-refractivity contribution is 0.286. The second kappa shape index (κ2) is 5.09. The summed E-state index contributed by atoms with van der Waals surface area (Å²) in [6.45, 7) is 0. The third-order valence-electron chi connectivity index (χ3n) is 5.38. The molecule has 124 valence electrons. The Hall–Kier alpha value is -2.37. The molecule has 0 bridgehead atoms. The fourth-order valence-corrected chi connectivity index (χ4v) is 4.63. The molecule has 6 aromatic rings. The monoisotopic (exact) mass is 448 g/mol. The van der Waals surface area contributed by atoms with Crippen LogP contribution in [0.5, 0.6) is 0 Å². The maximum Gasteiger partial charge on any atom is 0.136 e. The highest BCUT2D eigenvalue weighted by molar-refractivity contribution is 14.1. The van der Waals surface area contributed by atoms with Crippen LogP contribution in [0.4, 0.5) is 0 Å². The van der Waals surface area contributed by atoms with E-state index in [4.69, 9.17) is 4.42 Å². The molecule has 0 fully saturated rings. The molecule has 0 amide bonds. The van der Waals surface area contributed by atoms with Crippen LogP contribution in [-0.2, 0) is 0 Å². The zero-order valence-corrected chi connectivity index (χ0v) is 15.8. The highest BCUT2D eigenvalue weighted by atomic mass is 127. The molecule has 1 heterocycles. The molecule has 1 aromatic heterocycles. The van der Waals surface area contributed by atoms with Crippen LogP contribution in [0.15, 0.2) is 71.1 Å². The van der Waals surface area contributed by atoms with Crippen molar-refractivity contribution in [1.29, 1.82) is 0 Å². The van der Waals surface area contributed by atoms with Crippen molar-refractivity contribution in [3.05, 3.63) is 72.3 Å². The summed E-state index contributed by atoms with van der Waals surface area (Å²) in [4.78, 5) is 0. The van der Waals surface area contributed by atoms with Gasteiger partial charge in [-0.2, -0.15) is 0 Å². The largest absolute Gasteiger partial charge is 0.456 e. The lowest BCUT2D eigenvalue weighted by atomic mass is 9.92. The van der Waals surface area contributed by atoms with Crippen molar-refractivity contribution in [2.24, 2.45) is 0 Å². The molecule has 1 N–H and O–H groups in total. The van der Waals surface area contributed by atoms with Crippen LogP contribution in [0.2, 0.25) is 0 Å². The first-order chi connectivity index (χ1) is 12.7. The smallest absolute Gasteiger partial charge is 0.136 e. The molecule has 6 rings (SSSR count). The molecule has 0 radical (unpaired) electrons. The van der Waals surface area contributed by atoms with Crippen molar-refractivity contribution < 1.29 is 9.52 Å². The van der Waals surface area contributed by atoms with Gasteiger partial charge in [-0.1, -0.05) is 48.5 Å². The summed E-state index contributed by atoms with van der Waals surface area (Å²) in [5, 5.41) is 19.7. The Morgan fingerprint density at radius 3 is 2.27 bits per heavy atom. The average Bonchev–Trinajstić information content (AvgIpc) is 3.03. The van der Waals surface area contributed by atoms with Gasteiger partial charge >= 0.3 is 0 Å². The van der Waals surface area contributed by atoms with Crippen LogP contribution in [0.1, 0.15) is 9.67 Å². The van der Waals surface area contributed by atoms with E-state index in [1.54, 1.807) is 0 Å². The molecular weight excluding hydrogens is 435 g/mol. The van der Waals surface area contributed by atoms with Gasteiger partial charge < -0.3 is 9.52 Å². The maximum absolute atomic E-state index is 9.98. The maximum atomic E-state index is 9.98. The summed E-state index contributed by atoms with van der Waals surface area (Å²) >= 11 is 2.03. The van der Waals surface area contributed by atoms with E-state index in [0.717, 1.165) is 27.5 Å². The molecule has 2 nitrogen and oxygen atoms in total. The van der Waals surface area contributed by atoms with Gasteiger partial charge in [0.15, 0.2) is 0 Å². The van der Waals surface area contributed by atoms with E-state index >= 15 is 0 Å². The van der Waals surface area contributed by atoms with Crippen molar-refractivity contribution in [2.45, 2.75) is 4.11 Å². The van der Waals surface area contributed by atoms with E-state index in [1.807, 2.05) is 34.7 Å². The Morgan fingerprint density at radius 2 is 1.46 bits per heavy atom. The van der Waals surface area contributed by atoms with Gasteiger partial charge in [-0.25, -0.2) is 0 Å². The van der Waals surface area contributed by atoms with E-state index in [-0.39, 0.29) is 0 Å². The van der Waals surface area contributed by atoms with Gasteiger partial charge in [-0.15, -0.1) is 0 Å². The van der Waals surface area contributed by atoms with E-state index in [1.165, 1.54) is 32.3 Å². The highest BCUT2D eigenvalue weighted by Crippen LogP contribution is 2.42. The van der Waals surface area contributed by atoms with E-state index < -0.39 is 4.11 Å². The number of rotatable bonds is 1. The van der Waals surface area contributed by atoms with Gasteiger partial charge in [-0.3, -0.25) is 0 Å². The Kier molecular flexibility index (Phi) is 2.89. The number of benzene rings is 5. The standard InChI is InChI=1S/C23H13IO2/c24-23(25)15-7-9-18-17(10-15)22-16-8-6-13-3-1-2-12-4-5-14(11-19(22)26-18)21(16)20(12)13/h1-11,23,25H/t23-/m0/s1. The second-order valence-electron chi connectivity index (χ2n) is 6.80. The number of halogens is 1. The predicted octanol–water partition coefficient (Wildman–Crippen LogP) is 6.91. The third-order valence-corrected chi connectivity index (χ3v) is 6.10. The lowest BCUT2D eigenvalue weighted by Gasteiger charge is -2.11. The Bertz CT molecular complexity index is 1440. The van der Waals surface area contributed by atoms with Gasteiger partial charge in [0.05, 0.1) is 0 Å². The molecule has 0 spiro atoms. The number of aliphatic hydroxyl groups is 1. The highest BCUT2D eigenvalue weighted by Gasteiger charge is 2.16. The molecule has 0 saturated carbocycles. The first-order valence-electron chi connectivity index (χ1n) is 8.55. The molecular formula is C23H13IO2. The van der Waals surface area contributed by atoms with Gasteiger partial charge in [0.25, 0.3) is 0 Å². The van der Waals surface area contributed by atoms with Crippen LogP contribution in [0.3, 0.4) is 0 Å². The summed E-state index contributed by atoms with van der Waals surface area (Å²) in [5.74, 6) is 0. The van der Waals surface area contributed by atoms with Crippen molar-refractivity contribution in [3.63, 3.8) is 0 Å². The first kappa shape index (κ1) is 14.8. The topological polar surface area (TPSA) is 33.4 Å². The van der Waals surface area contributed by atoms with Crippen LogP contribution < -0.4 is 0 Å². The quantitative estimate of drug-likeness (QED) is 0.169. The second-order valence-corrected chi connectivity index (χ2v) is 7.98. The van der Waals surface area contributed by atoms with Crippen LogP contribution in [0, 0.1) is 0 Å². The SMILES string of the molecule is O[C@H](I)c1ccc2oc3cc4ccc5cccc6ccc(c3c2c1)c4c56.